The van der Waals surface area contributed by atoms with E-state index < -0.39 is 0 Å². The molecule has 1 amide bonds. The monoisotopic (exact) mass is 223 g/mol. The predicted molar refractivity (Wildman–Crippen MR) is 59.6 cm³/mol. The third-order valence-corrected chi connectivity index (χ3v) is 2.28. The number of rotatable bonds is 1. The van der Waals surface area contributed by atoms with Crippen molar-refractivity contribution in [2.75, 3.05) is 6.61 Å². The summed E-state index contributed by atoms with van der Waals surface area (Å²) in [6.07, 6.45) is 2.51. The highest BCUT2D eigenvalue weighted by Crippen LogP contribution is 2.22. The van der Waals surface area contributed by atoms with Crippen LogP contribution in [0.5, 0.6) is 5.88 Å². The molecule has 0 spiro atoms. The molecule has 0 aliphatic carbocycles. The number of fused-ring (bicyclic) bond motifs is 1. The Kier molecular flexibility index (Phi) is 2.61. The van der Waals surface area contributed by atoms with Gasteiger partial charge in [0.1, 0.15) is 5.56 Å². The van der Waals surface area contributed by atoms with Crippen LogP contribution in [-0.2, 0) is 6.54 Å². The Morgan fingerprint density at radius 2 is 2.31 bits per heavy atom. The maximum Gasteiger partial charge on any atom is 0.258 e. The Morgan fingerprint density at radius 1 is 1.56 bits per heavy atom. The molecule has 0 aromatic carbocycles. The number of ether oxygens (including phenoxy) is 1. The van der Waals surface area contributed by atoms with Crippen LogP contribution in [0.15, 0.2) is 6.20 Å². The quantitative estimate of drug-likeness (QED) is 0.778. The minimum Gasteiger partial charge on any atom is -0.477 e. The number of nitrogens with zero attached hydrogens (tertiary/aromatic N) is 2. The first-order valence-electron chi connectivity index (χ1n) is 5.48. The van der Waals surface area contributed by atoms with Gasteiger partial charge in [-0.05, 0) is 20.8 Å². The van der Waals surface area contributed by atoms with Crippen molar-refractivity contribution in [1.29, 1.82) is 0 Å². The number of nitrogens with one attached hydrogen (secondary N) is 1. The van der Waals surface area contributed by atoms with Gasteiger partial charge in [0.2, 0.25) is 5.88 Å². The number of hydrogen-bond acceptors (Lipinski definition) is 3. The molecule has 0 atom stereocenters. The second kappa shape index (κ2) is 3.81. The number of hydrogen-bond donors (Lipinski definition) is 1. The van der Waals surface area contributed by atoms with Crippen molar-refractivity contribution < 1.29 is 9.53 Å². The van der Waals surface area contributed by atoms with Crippen LogP contribution in [-0.4, -0.2) is 27.8 Å². The summed E-state index contributed by atoms with van der Waals surface area (Å²) in [4.78, 5) is 11.9. The van der Waals surface area contributed by atoms with Gasteiger partial charge >= 0.3 is 0 Å². The number of amides is 1. The molecule has 1 N–H and O–H groups in total. The van der Waals surface area contributed by atoms with E-state index in [4.69, 9.17) is 4.74 Å². The molecule has 0 bridgehead atoms. The average molecular weight is 223 g/mol. The lowest BCUT2D eigenvalue weighted by Crippen LogP contribution is -2.40. The van der Waals surface area contributed by atoms with Gasteiger partial charge in [0.05, 0.1) is 12.8 Å². The largest absolute Gasteiger partial charge is 0.477 e. The number of aryl methyl sites for hydroxylation is 1. The minimum atomic E-state index is -0.249. The van der Waals surface area contributed by atoms with Crippen LogP contribution in [0.4, 0.5) is 0 Å². The van der Waals surface area contributed by atoms with Gasteiger partial charge in [-0.2, -0.15) is 5.10 Å². The molecule has 0 fully saturated rings. The summed E-state index contributed by atoms with van der Waals surface area (Å²) in [7, 11) is 0. The number of aromatic nitrogens is 2. The van der Waals surface area contributed by atoms with Crippen molar-refractivity contribution in [3.63, 3.8) is 0 Å². The Bertz CT molecular complexity index is 404. The highest BCUT2D eigenvalue weighted by Gasteiger charge is 2.24. The van der Waals surface area contributed by atoms with E-state index in [0.717, 1.165) is 13.0 Å². The van der Waals surface area contributed by atoms with E-state index in [0.29, 0.717) is 18.1 Å². The van der Waals surface area contributed by atoms with Crippen LogP contribution in [0.1, 0.15) is 37.6 Å². The molecule has 2 heterocycles. The van der Waals surface area contributed by atoms with E-state index in [1.807, 2.05) is 20.8 Å². The first-order valence-corrected chi connectivity index (χ1v) is 5.48. The zero-order chi connectivity index (χ0) is 11.8. The average Bonchev–Trinajstić information content (AvgIpc) is 2.58. The number of carbonyl (C=O) groups is 1. The smallest absolute Gasteiger partial charge is 0.258 e. The van der Waals surface area contributed by atoms with Gasteiger partial charge < -0.3 is 10.1 Å². The Hall–Kier alpha value is -1.52. The summed E-state index contributed by atoms with van der Waals surface area (Å²) in [6.45, 7) is 7.31. The SMILES string of the molecule is CC(C)(C)NC(=O)c1cnn2c1OCCC2. The van der Waals surface area contributed by atoms with Gasteiger partial charge in [0.15, 0.2) is 0 Å². The van der Waals surface area contributed by atoms with Crippen molar-refractivity contribution in [3.8, 4) is 5.88 Å². The van der Waals surface area contributed by atoms with Crippen molar-refractivity contribution in [1.82, 2.24) is 15.1 Å². The molecular formula is C11H17N3O2. The molecule has 88 valence electrons. The fourth-order valence-corrected chi connectivity index (χ4v) is 1.63. The van der Waals surface area contributed by atoms with Crippen molar-refractivity contribution in [2.24, 2.45) is 0 Å². The molecule has 1 aliphatic heterocycles. The van der Waals surface area contributed by atoms with Gasteiger partial charge in [-0.3, -0.25) is 4.79 Å². The molecule has 0 unspecified atom stereocenters. The van der Waals surface area contributed by atoms with Gasteiger partial charge in [-0.15, -0.1) is 0 Å². The Labute approximate surface area is 94.8 Å². The van der Waals surface area contributed by atoms with Crippen LogP contribution in [0.2, 0.25) is 0 Å². The molecule has 5 nitrogen and oxygen atoms in total. The first kappa shape index (κ1) is 11.0. The molecule has 2 rings (SSSR count). The highest BCUT2D eigenvalue weighted by atomic mass is 16.5. The topological polar surface area (TPSA) is 56.2 Å². The molecule has 1 aliphatic rings. The molecular weight excluding hydrogens is 206 g/mol. The lowest BCUT2D eigenvalue weighted by Gasteiger charge is -2.21. The zero-order valence-corrected chi connectivity index (χ0v) is 9.91. The molecule has 16 heavy (non-hydrogen) atoms. The molecule has 0 radical (unpaired) electrons. The maximum atomic E-state index is 11.9. The first-order chi connectivity index (χ1) is 7.47. The van der Waals surface area contributed by atoms with E-state index in [9.17, 15) is 4.79 Å². The second-order valence-corrected chi connectivity index (χ2v) is 4.99. The highest BCUT2D eigenvalue weighted by molar-refractivity contribution is 5.96. The van der Waals surface area contributed by atoms with Gasteiger partial charge in [0, 0.05) is 18.5 Å². The van der Waals surface area contributed by atoms with Crippen molar-refractivity contribution in [2.45, 2.75) is 39.3 Å². The third-order valence-electron chi connectivity index (χ3n) is 2.28. The molecule has 0 saturated carbocycles. The Balaban J connectivity index is 2.21. The zero-order valence-electron chi connectivity index (χ0n) is 9.91. The standard InChI is InChI=1S/C11H17N3O2/c1-11(2,3)13-9(15)8-7-12-14-5-4-6-16-10(8)14/h7H,4-6H2,1-3H3,(H,13,15). The predicted octanol–water partition coefficient (Wildman–Crippen LogP) is 1.19. The molecule has 1 aromatic rings. The fraction of sp³-hybridized carbons (Fsp3) is 0.636. The summed E-state index contributed by atoms with van der Waals surface area (Å²) < 4.78 is 7.21. The van der Waals surface area contributed by atoms with Gasteiger partial charge in [-0.25, -0.2) is 4.68 Å². The van der Waals surface area contributed by atoms with Crippen LogP contribution in [0, 0.1) is 0 Å². The van der Waals surface area contributed by atoms with E-state index in [-0.39, 0.29) is 11.4 Å². The number of carbonyl (C=O) groups excluding carboxylic acids is 1. The third kappa shape index (κ3) is 2.18. The van der Waals surface area contributed by atoms with E-state index in [1.165, 1.54) is 0 Å². The summed E-state index contributed by atoms with van der Waals surface area (Å²) in [6, 6.07) is 0. The summed E-state index contributed by atoms with van der Waals surface area (Å²) in [5.41, 5.74) is 0.273. The fourth-order valence-electron chi connectivity index (χ4n) is 1.63. The maximum absolute atomic E-state index is 11.9. The molecule has 0 saturated heterocycles. The lowest BCUT2D eigenvalue weighted by atomic mass is 10.1. The van der Waals surface area contributed by atoms with Crippen LogP contribution < -0.4 is 10.1 Å². The van der Waals surface area contributed by atoms with E-state index in [1.54, 1.807) is 10.9 Å². The minimum absolute atomic E-state index is 0.129. The second-order valence-electron chi connectivity index (χ2n) is 4.99. The van der Waals surface area contributed by atoms with Crippen molar-refractivity contribution in [3.05, 3.63) is 11.8 Å². The van der Waals surface area contributed by atoms with Crippen molar-refractivity contribution >= 4 is 5.91 Å². The molecule has 5 heteroatoms. The summed E-state index contributed by atoms with van der Waals surface area (Å²) in [5.74, 6) is 0.462. The van der Waals surface area contributed by atoms with E-state index in [2.05, 4.69) is 10.4 Å². The normalized spacial score (nSPS) is 15.2. The van der Waals surface area contributed by atoms with Crippen LogP contribution >= 0.6 is 0 Å². The van der Waals surface area contributed by atoms with E-state index >= 15 is 0 Å². The molecule has 1 aromatic heterocycles. The lowest BCUT2D eigenvalue weighted by molar-refractivity contribution is 0.0913. The Morgan fingerprint density at radius 3 is 3.00 bits per heavy atom. The van der Waals surface area contributed by atoms with Crippen LogP contribution in [0.25, 0.3) is 0 Å². The van der Waals surface area contributed by atoms with Gasteiger partial charge in [0.25, 0.3) is 5.91 Å². The summed E-state index contributed by atoms with van der Waals surface area (Å²) >= 11 is 0. The van der Waals surface area contributed by atoms with Crippen LogP contribution in [0.3, 0.4) is 0 Å². The van der Waals surface area contributed by atoms with Gasteiger partial charge in [-0.1, -0.05) is 0 Å². The summed E-state index contributed by atoms with van der Waals surface area (Å²) in [5, 5.41) is 7.04.